The number of carbonyl (C=O) groups excluding carboxylic acids is 2. The maximum atomic E-state index is 11.6. The zero-order valence-electron chi connectivity index (χ0n) is 11.9. The quantitative estimate of drug-likeness (QED) is 0.764. The van der Waals surface area contributed by atoms with Crippen LogP contribution in [0.1, 0.15) is 32.4 Å². The van der Waals surface area contributed by atoms with Crippen molar-refractivity contribution in [1.82, 2.24) is 10.6 Å². The number of quaternary nitrogens is 1. The minimum absolute atomic E-state index is 0.00263. The van der Waals surface area contributed by atoms with Gasteiger partial charge in [-0.2, -0.15) is 0 Å². The topological polar surface area (TPSA) is 74.8 Å². The normalized spacial score (nSPS) is 12.1. The maximum Gasteiger partial charge on any atom is 0.321 e. The number of hydrogen-bond donors (Lipinski definition) is 3. The standard InChI is InChI=1S/C14H20ClN3O2/c1-9(2)17-14(20)18-13(19)8-16-10(3)11-5-4-6-12(15)7-11/h4-7,9-10,16H,8H2,1-3H3,(H2,17,18,19,20)/p+1/t10-/m1/s1. The van der Waals surface area contributed by atoms with E-state index in [4.69, 9.17) is 11.6 Å². The summed E-state index contributed by atoms with van der Waals surface area (Å²) < 4.78 is 0. The maximum absolute atomic E-state index is 11.6. The molecule has 0 bridgehead atoms. The molecule has 1 atom stereocenters. The van der Waals surface area contributed by atoms with Crippen molar-refractivity contribution in [3.63, 3.8) is 0 Å². The Morgan fingerprint density at radius 2 is 2.00 bits per heavy atom. The predicted molar refractivity (Wildman–Crippen MR) is 78.5 cm³/mol. The van der Waals surface area contributed by atoms with E-state index in [2.05, 4.69) is 10.6 Å². The number of nitrogens with one attached hydrogen (secondary N) is 2. The lowest BCUT2D eigenvalue weighted by Gasteiger charge is -2.12. The summed E-state index contributed by atoms with van der Waals surface area (Å²) >= 11 is 5.92. The van der Waals surface area contributed by atoms with Gasteiger partial charge in [0.15, 0.2) is 6.54 Å². The van der Waals surface area contributed by atoms with Crippen LogP contribution in [0, 0.1) is 0 Å². The minimum atomic E-state index is -0.464. The van der Waals surface area contributed by atoms with Gasteiger partial charge in [0.2, 0.25) is 0 Å². The van der Waals surface area contributed by atoms with Crippen LogP contribution < -0.4 is 16.0 Å². The van der Waals surface area contributed by atoms with Gasteiger partial charge in [-0.3, -0.25) is 10.1 Å². The average Bonchev–Trinajstić information content (AvgIpc) is 2.34. The molecule has 5 nitrogen and oxygen atoms in total. The zero-order valence-corrected chi connectivity index (χ0v) is 12.7. The van der Waals surface area contributed by atoms with Crippen LogP contribution in [-0.4, -0.2) is 24.5 Å². The van der Waals surface area contributed by atoms with E-state index in [0.717, 1.165) is 5.56 Å². The van der Waals surface area contributed by atoms with Crippen molar-refractivity contribution in [2.75, 3.05) is 6.54 Å². The van der Waals surface area contributed by atoms with Crippen molar-refractivity contribution < 1.29 is 14.9 Å². The minimum Gasteiger partial charge on any atom is -0.336 e. The molecule has 3 amide bonds. The molecule has 0 fully saturated rings. The van der Waals surface area contributed by atoms with Crippen LogP contribution in [0.4, 0.5) is 4.79 Å². The summed E-state index contributed by atoms with van der Waals surface area (Å²) in [6.45, 7) is 5.82. The van der Waals surface area contributed by atoms with Crippen LogP contribution in [0.5, 0.6) is 0 Å². The van der Waals surface area contributed by atoms with Crippen molar-refractivity contribution in [3.05, 3.63) is 34.9 Å². The molecule has 6 heteroatoms. The van der Waals surface area contributed by atoms with Crippen molar-refractivity contribution in [2.45, 2.75) is 32.9 Å². The van der Waals surface area contributed by atoms with Crippen molar-refractivity contribution in [1.29, 1.82) is 0 Å². The third-order valence-corrected chi connectivity index (χ3v) is 2.94. The zero-order chi connectivity index (χ0) is 15.1. The number of urea groups is 1. The molecule has 0 saturated carbocycles. The summed E-state index contributed by atoms with van der Waals surface area (Å²) in [6, 6.07) is 7.13. The van der Waals surface area contributed by atoms with Crippen LogP contribution in [-0.2, 0) is 4.79 Å². The first kappa shape index (κ1) is 16.5. The first-order valence-electron chi connectivity index (χ1n) is 6.57. The largest absolute Gasteiger partial charge is 0.336 e. The van der Waals surface area contributed by atoms with Crippen LogP contribution in [0.2, 0.25) is 5.02 Å². The van der Waals surface area contributed by atoms with Gasteiger partial charge in [-0.05, 0) is 32.9 Å². The number of rotatable bonds is 5. The van der Waals surface area contributed by atoms with E-state index in [1.807, 2.05) is 44.3 Å². The van der Waals surface area contributed by atoms with E-state index >= 15 is 0 Å². The first-order chi connectivity index (χ1) is 9.38. The van der Waals surface area contributed by atoms with Crippen molar-refractivity contribution in [2.24, 2.45) is 0 Å². The lowest BCUT2D eigenvalue weighted by Crippen LogP contribution is -2.87. The van der Waals surface area contributed by atoms with Crippen LogP contribution >= 0.6 is 11.6 Å². The second-order valence-electron chi connectivity index (χ2n) is 4.96. The summed E-state index contributed by atoms with van der Waals surface area (Å²) in [6.07, 6.45) is 0. The molecule has 0 heterocycles. The fourth-order valence-corrected chi connectivity index (χ4v) is 1.88. The Labute approximate surface area is 124 Å². The van der Waals surface area contributed by atoms with Crippen LogP contribution in [0.15, 0.2) is 24.3 Å². The molecule has 0 aromatic heterocycles. The lowest BCUT2D eigenvalue weighted by atomic mass is 10.1. The summed E-state index contributed by atoms with van der Waals surface area (Å²) in [5.74, 6) is -0.322. The SMILES string of the molecule is CC(C)NC(=O)NC(=O)C[NH2+][C@H](C)c1cccc(Cl)c1. The number of imide groups is 1. The number of hydrogen-bond acceptors (Lipinski definition) is 2. The fourth-order valence-electron chi connectivity index (χ4n) is 1.69. The molecule has 0 saturated heterocycles. The van der Waals surface area contributed by atoms with Gasteiger partial charge in [-0.25, -0.2) is 4.79 Å². The van der Waals surface area contributed by atoms with E-state index in [0.29, 0.717) is 5.02 Å². The number of nitrogens with two attached hydrogens (primary N) is 1. The molecule has 0 aliphatic rings. The van der Waals surface area contributed by atoms with E-state index in [1.54, 1.807) is 6.07 Å². The predicted octanol–water partition coefficient (Wildman–Crippen LogP) is 1.20. The molecule has 4 N–H and O–H groups in total. The van der Waals surface area contributed by atoms with E-state index in [1.165, 1.54) is 0 Å². The molecule has 0 aliphatic carbocycles. The molecular weight excluding hydrogens is 278 g/mol. The second kappa shape index (κ2) is 7.87. The van der Waals surface area contributed by atoms with Crippen molar-refractivity contribution >= 4 is 23.5 Å². The molecule has 1 aromatic carbocycles. The Hall–Kier alpha value is -1.59. The molecule has 0 aliphatic heterocycles. The highest BCUT2D eigenvalue weighted by Crippen LogP contribution is 2.14. The van der Waals surface area contributed by atoms with Gasteiger partial charge in [0.25, 0.3) is 5.91 Å². The summed E-state index contributed by atoms with van der Waals surface area (Å²) in [5, 5.41) is 7.40. The average molecular weight is 299 g/mol. The van der Waals surface area contributed by atoms with Gasteiger partial charge in [0.05, 0.1) is 0 Å². The fraction of sp³-hybridized carbons (Fsp3) is 0.429. The van der Waals surface area contributed by atoms with Gasteiger partial charge >= 0.3 is 6.03 Å². The molecule has 1 rings (SSSR count). The number of carbonyl (C=O) groups is 2. The van der Waals surface area contributed by atoms with E-state index in [-0.39, 0.29) is 24.5 Å². The Bertz CT molecular complexity index is 477. The summed E-state index contributed by atoms with van der Waals surface area (Å²) in [5.41, 5.74) is 1.04. The number of halogens is 1. The van der Waals surface area contributed by atoms with Gasteiger partial charge in [-0.15, -0.1) is 0 Å². The Morgan fingerprint density at radius 3 is 2.60 bits per heavy atom. The number of benzene rings is 1. The highest BCUT2D eigenvalue weighted by molar-refractivity contribution is 6.30. The highest BCUT2D eigenvalue weighted by atomic mass is 35.5. The third-order valence-electron chi connectivity index (χ3n) is 2.70. The van der Waals surface area contributed by atoms with Gasteiger partial charge in [-0.1, -0.05) is 23.7 Å². The van der Waals surface area contributed by atoms with Gasteiger partial charge in [0.1, 0.15) is 6.04 Å². The lowest BCUT2D eigenvalue weighted by molar-refractivity contribution is -0.682. The van der Waals surface area contributed by atoms with Gasteiger partial charge < -0.3 is 10.6 Å². The van der Waals surface area contributed by atoms with Crippen molar-refractivity contribution in [3.8, 4) is 0 Å². The number of amides is 3. The summed E-state index contributed by atoms with van der Waals surface area (Å²) in [4.78, 5) is 23.0. The smallest absolute Gasteiger partial charge is 0.321 e. The Morgan fingerprint density at radius 1 is 1.30 bits per heavy atom. The van der Waals surface area contributed by atoms with Gasteiger partial charge in [0, 0.05) is 16.6 Å². The molecule has 0 radical (unpaired) electrons. The molecule has 0 spiro atoms. The van der Waals surface area contributed by atoms with Crippen LogP contribution in [0.3, 0.4) is 0 Å². The molecule has 110 valence electrons. The second-order valence-corrected chi connectivity index (χ2v) is 5.40. The van der Waals surface area contributed by atoms with E-state index in [9.17, 15) is 9.59 Å². The Balaban J connectivity index is 2.39. The molecule has 1 aromatic rings. The molecular formula is C14H21ClN3O2+. The molecule has 20 heavy (non-hydrogen) atoms. The molecule has 0 unspecified atom stereocenters. The highest BCUT2D eigenvalue weighted by Gasteiger charge is 2.14. The summed E-state index contributed by atoms with van der Waals surface area (Å²) in [7, 11) is 0. The Kier molecular flexibility index (Phi) is 6.48. The third kappa shape index (κ3) is 6.04. The van der Waals surface area contributed by atoms with E-state index < -0.39 is 6.03 Å². The first-order valence-corrected chi connectivity index (χ1v) is 6.95. The van der Waals surface area contributed by atoms with Crippen LogP contribution in [0.25, 0.3) is 0 Å². The monoisotopic (exact) mass is 298 g/mol.